The molecule has 0 bridgehead atoms. The van der Waals surface area contributed by atoms with E-state index in [1.165, 1.54) is 18.6 Å². The highest BCUT2D eigenvalue weighted by Crippen LogP contribution is 2.25. The molecular weight excluding hydrogens is 389 g/mol. The van der Waals surface area contributed by atoms with Crippen molar-refractivity contribution in [2.24, 2.45) is 5.11 Å². The zero-order chi connectivity index (χ0) is 20.4. The van der Waals surface area contributed by atoms with Gasteiger partial charge in [-0.15, -0.1) is 5.11 Å². The van der Waals surface area contributed by atoms with Crippen LogP contribution in [-0.2, 0) is 13.1 Å². The van der Waals surface area contributed by atoms with Crippen LogP contribution in [0.3, 0.4) is 0 Å². The van der Waals surface area contributed by atoms with Crippen LogP contribution < -0.4 is 5.32 Å². The Morgan fingerprint density at radius 2 is 2.00 bits per heavy atom. The van der Waals surface area contributed by atoms with Gasteiger partial charge in [0.25, 0.3) is 0 Å². The molecule has 0 radical (unpaired) electrons. The van der Waals surface area contributed by atoms with Crippen molar-refractivity contribution in [3.8, 4) is 11.3 Å². The molecule has 0 fully saturated rings. The molecule has 2 N–H and O–H groups in total. The van der Waals surface area contributed by atoms with Gasteiger partial charge in [0.2, 0.25) is 5.82 Å². The standard InChI is InChI=1S/C16H13F3N10/c17-16(18,19)9-28-8-10(5-24-28)12-7-22-15(27-20)14(26-12)21-6-11-2-4-29-13(25-11)1-3-23-29/h1-5,7-8,20H,6,9H2,(H,21,26). The van der Waals surface area contributed by atoms with Crippen molar-refractivity contribution in [2.45, 2.75) is 19.3 Å². The number of nitrogens with zero attached hydrogens (tertiary/aromatic N) is 8. The van der Waals surface area contributed by atoms with Crippen LogP contribution in [-0.4, -0.2) is 40.5 Å². The van der Waals surface area contributed by atoms with E-state index in [9.17, 15) is 13.2 Å². The topological polar surface area (TPSA) is 122 Å². The average Bonchev–Trinajstić information content (AvgIpc) is 3.33. The Morgan fingerprint density at radius 3 is 2.79 bits per heavy atom. The van der Waals surface area contributed by atoms with Crippen LogP contribution in [0.1, 0.15) is 5.69 Å². The lowest BCUT2D eigenvalue weighted by molar-refractivity contribution is -0.142. The van der Waals surface area contributed by atoms with E-state index in [-0.39, 0.29) is 18.2 Å². The minimum atomic E-state index is -4.38. The summed E-state index contributed by atoms with van der Waals surface area (Å²) in [4.78, 5) is 12.8. The molecular formula is C16H13F3N10. The largest absolute Gasteiger partial charge is 0.408 e. The summed E-state index contributed by atoms with van der Waals surface area (Å²) >= 11 is 0. The van der Waals surface area contributed by atoms with E-state index in [1.807, 2.05) is 0 Å². The van der Waals surface area contributed by atoms with E-state index < -0.39 is 12.7 Å². The molecule has 0 atom stereocenters. The molecule has 4 rings (SSSR count). The minimum Gasteiger partial charge on any atom is -0.361 e. The number of rotatable bonds is 6. The van der Waals surface area contributed by atoms with Crippen molar-refractivity contribution in [1.29, 1.82) is 5.53 Å². The molecule has 0 unspecified atom stereocenters. The Morgan fingerprint density at radius 1 is 1.14 bits per heavy atom. The lowest BCUT2D eigenvalue weighted by atomic mass is 10.2. The molecule has 4 aromatic heterocycles. The number of hydrogen-bond acceptors (Lipinski definition) is 8. The Kier molecular flexibility index (Phi) is 4.62. The number of anilines is 1. The quantitative estimate of drug-likeness (QED) is 0.478. The molecule has 0 saturated heterocycles. The Labute approximate surface area is 160 Å². The fourth-order valence-electron chi connectivity index (χ4n) is 2.61. The van der Waals surface area contributed by atoms with Crippen LogP contribution in [0.2, 0.25) is 0 Å². The third-order valence-electron chi connectivity index (χ3n) is 3.88. The molecule has 13 heteroatoms. The molecule has 0 aliphatic heterocycles. The first kappa shape index (κ1) is 18.5. The van der Waals surface area contributed by atoms with Crippen molar-refractivity contribution >= 4 is 17.3 Å². The van der Waals surface area contributed by atoms with Crippen molar-refractivity contribution < 1.29 is 13.2 Å². The Hall–Kier alpha value is -3.90. The number of halogens is 3. The molecule has 4 aromatic rings. The van der Waals surface area contributed by atoms with Crippen molar-refractivity contribution in [2.75, 3.05) is 5.32 Å². The highest BCUT2D eigenvalue weighted by atomic mass is 19.4. The summed E-state index contributed by atoms with van der Waals surface area (Å²) in [5, 5.41) is 14.1. The van der Waals surface area contributed by atoms with E-state index in [0.717, 1.165) is 4.68 Å². The monoisotopic (exact) mass is 402 g/mol. The van der Waals surface area contributed by atoms with E-state index in [1.54, 1.807) is 29.0 Å². The first-order chi connectivity index (χ1) is 13.9. The summed E-state index contributed by atoms with van der Waals surface area (Å²) in [6, 6.07) is 3.52. The van der Waals surface area contributed by atoms with Gasteiger partial charge in [0.05, 0.1) is 36.5 Å². The van der Waals surface area contributed by atoms with Crippen molar-refractivity contribution in [3.63, 3.8) is 0 Å². The molecule has 0 aromatic carbocycles. The van der Waals surface area contributed by atoms with Gasteiger partial charge in [0.15, 0.2) is 11.5 Å². The van der Waals surface area contributed by atoms with Crippen molar-refractivity contribution in [3.05, 3.63) is 48.8 Å². The molecule has 0 amide bonds. The van der Waals surface area contributed by atoms with Gasteiger partial charge in [-0.1, -0.05) is 0 Å². The predicted octanol–water partition coefficient (Wildman–Crippen LogP) is 3.22. The number of hydrogen-bond donors (Lipinski definition) is 2. The molecule has 10 nitrogen and oxygen atoms in total. The van der Waals surface area contributed by atoms with Gasteiger partial charge in [-0.05, 0) is 6.07 Å². The average molecular weight is 402 g/mol. The normalized spacial score (nSPS) is 11.7. The lowest BCUT2D eigenvalue weighted by Crippen LogP contribution is -2.17. The SMILES string of the molecule is N=Nc1ncc(-c2cnn(CC(F)(F)F)c2)nc1NCc1ccn2nccc2n1. The van der Waals surface area contributed by atoms with E-state index in [4.69, 9.17) is 5.53 Å². The Balaban J connectivity index is 1.55. The number of aromatic nitrogens is 7. The van der Waals surface area contributed by atoms with Gasteiger partial charge < -0.3 is 5.32 Å². The minimum absolute atomic E-state index is 0.0434. The summed E-state index contributed by atoms with van der Waals surface area (Å²) in [7, 11) is 0. The molecule has 0 spiro atoms. The summed E-state index contributed by atoms with van der Waals surface area (Å²) in [6.45, 7) is -0.927. The second-order valence-electron chi connectivity index (χ2n) is 5.99. The molecule has 0 saturated carbocycles. The fourth-order valence-corrected chi connectivity index (χ4v) is 2.61. The van der Waals surface area contributed by atoms with Crippen LogP contribution in [0.25, 0.3) is 16.9 Å². The highest BCUT2D eigenvalue weighted by molar-refractivity contribution is 5.63. The summed E-state index contributed by atoms with van der Waals surface area (Å²) < 4.78 is 39.9. The molecule has 0 aliphatic rings. The van der Waals surface area contributed by atoms with E-state index in [0.29, 0.717) is 22.6 Å². The van der Waals surface area contributed by atoms with Gasteiger partial charge in [-0.2, -0.15) is 23.4 Å². The van der Waals surface area contributed by atoms with Crippen LogP contribution in [0, 0.1) is 5.53 Å². The van der Waals surface area contributed by atoms with Crippen molar-refractivity contribution in [1.82, 2.24) is 34.3 Å². The summed E-state index contributed by atoms with van der Waals surface area (Å²) in [5.74, 6) is 0.248. The van der Waals surface area contributed by atoms with E-state index >= 15 is 0 Å². The maximum Gasteiger partial charge on any atom is 0.408 e. The highest BCUT2D eigenvalue weighted by Gasteiger charge is 2.28. The molecule has 29 heavy (non-hydrogen) atoms. The number of nitrogens with one attached hydrogen (secondary N) is 2. The van der Waals surface area contributed by atoms with Gasteiger partial charge >= 0.3 is 6.18 Å². The second kappa shape index (κ2) is 7.26. The maximum absolute atomic E-state index is 12.5. The summed E-state index contributed by atoms with van der Waals surface area (Å²) in [5.41, 5.74) is 9.27. The Bertz CT molecular complexity index is 1160. The van der Waals surface area contributed by atoms with Gasteiger partial charge in [-0.25, -0.2) is 25.0 Å². The summed E-state index contributed by atoms with van der Waals surface area (Å²) in [6.07, 6.45) is 2.83. The zero-order valence-electron chi connectivity index (χ0n) is 14.7. The van der Waals surface area contributed by atoms with Crippen LogP contribution in [0.5, 0.6) is 0 Å². The van der Waals surface area contributed by atoms with E-state index in [2.05, 4.69) is 35.6 Å². The first-order valence-electron chi connectivity index (χ1n) is 8.28. The number of alkyl halides is 3. The zero-order valence-corrected chi connectivity index (χ0v) is 14.7. The van der Waals surface area contributed by atoms with Gasteiger partial charge in [0.1, 0.15) is 6.54 Å². The van der Waals surface area contributed by atoms with Gasteiger partial charge in [-0.3, -0.25) is 4.68 Å². The second-order valence-corrected chi connectivity index (χ2v) is 5.99. The maximum atomic E-state index is 12.5. The number of fused-ring (bicyclic) bond motifs is 1. The van der Waals surface area contributed by atoms with Gasteiger partial charge in [0, 0.05) is 24.0 Å². The third-order valence-corrected chi connectivity index (χ3v) is 3.88. The molecule has 4 heterocycles. The first-order valence-corrected chi connectivity index (χ1v) is 8.28. The predicted molar refractivity (Wildman–Crippen MR) is 94.4 cm³/mol. The molecule has 148 valence electrons. The fraction of sp³-hybridized carbons (Fsp3) is 0.188. The smallest absolute Gasteiger partial charge is 0.361 e. The van der Waals surface area contributed by atoms with Crippen LogP contribution in [0.4, 0.5) is 24.8 Å². The molecule has 0 aliphatic carbocycles. The third kappa shape index (κ3) is 4.17. The van der Waals surface area contributed by atoms with Crippen LogP contribution in [0.15, 0.2) is 48.2 Å². The van der Waals surface area contributed by atoms with Crippen LogP contribution >= 0.6 is 0 Å². The lowest BCUT2D eigenvalue weighted by Gasteiger charge is -2.08.